The molecule has 0 saturated carbocycles. The van der Waals surface area contributed by atoms with E-state index in [-0.39, 0.29) is 154 Å². The minimum absolute atomic E-state index is 0. The zero-order valence-electron chi connectivity index (χ0n) is 86.2. The molecule has 0 rings (SSSR count). The van der Waals surface area contributed by atoms with Gasteiger partial charge in [-0.2, -0.15) is 0 Å². The van der Waals surface area contributed by atoms with E-state index in [1.807, 2.05) is 34.6 Å². The Morgan fingerprint density at radius 1 is 0.295 bits per heavy atom. The molecule has 0 unspecified atom stereocenters. The molecule has 0 heterocycles. The van der Waals surface area contributed by atoms with Crippen molar-refractivity contribution in [1.29, 1.82) is 0 Å². The number of likely N-dealkylation sites (N-methyl/N-ethyl adjacent to an activating group) is 1. The molecule has 5 atom stereocenters. The third kappa shape index (κ3) is 111. The molecule has 17 N–H and O–H groups in total. The fourth-order valence-corrected chi connectivity index (χ4v) is 11.4. The molecule has 41 nitrogen and oxygen atoms in total. The first-order valence-electron chi connectivity index (χ1n) is 50.1. The second-order valence-electron chi connectivity index (χ2n) is 31.9. The van der Waals surface area contributed by atoms with Gasteiger partial charge in [-0.15, -0.1) is 0 Å². The summed E-state index contributed by atoms with van der Waals surface area (Å²) in [5.41, 5.74) is 28.8. The average molecular weight is 1990 g/mol. The van der Waals surface area contributed by atoms with Gasteiger partial charge in [0.1, 0.15) is 31.6 Å². The summed E-state index contributed by atoms with van der Waals surface area (Å²) in [4.78, 5) is 164. The van der Waals surface area contributed by atoms with Gasteiger partial charge in [-0.25, -0.2) is 0 Å². The van der Waals surface area contributed by atoms with E-state index in [1.54, 1.807) is 33.8 Å². The SMILES string of the molecule is C=C=C=C=CC.CC.CCCOCCOCC(=O)NCC.CCOCCOCC(=O)NCCCC[C@H](NC(=O)[C@@H](C)CCCCNC(=O)CCCC(=O)NCCCCOCCOCC(=O)NCCCC[C@H](C)C(N)=O)C(N)=O.C[C@@H](CCCCNC(=O)CCOCCOCCOCCOCCCC(=O)CCCC(=O)NCCOCCOCCOCCOCCC(=O)NCCCC[C@H](C)C(N)=O)C(N)=O.[HH]. The molecule has 41 heteroatoms. The third-order valence-electron chi connectivity index (χ3n) is 19.6. The lowest BCUT2D eigenvalue weighted by atomic mass is 10.0. The van der Waals surface area contributed by atoms with Gasteiger partial charge < -0.3 is 137 Å². The van der Waals surface area contributed by atoms with Crippen LogP contribution in [-0.4, -0.2) is 326 Å². The Labute approximate surface area is 830 Å². The number of amides is 13. The Hall–Kier alpha value is -8.70. The van der Waals surface area contributed by atoms with Crippen LogP contribution in [0.2, 0.25) is 0 Å². The number of nitrogens with two attached hydrogens (primary N) is 4. The zero-order valence-corrected chi connectivity index (χ0v) is 86.2. The quantitative estimate of drug-likeness (QED) is 0.0261. The van der Waals surface area contributed by atoms with Gasteiger partial charge in [0.15, 0.2) is 0 Å². The van der Waals surface area contributed by atoms with Crippen molar-refractivity contribution < 1.29 is 135 Å². The first-order valence-corrected chi connectivity index (χ1v) is 50.1. The molecule has 0 spiro atoms. The van der Waals surface area contributed by atoms with Crippen molar-refractivity contribution in [3.8, 4) is 0 Å². The summed E-state index contributed by atoms with van der Waals surface area (Å²) in [5, 5.41) is 25.0. The number of hydrogen-bond acceptors (Lipinski definition) is 28. The van der Waals surface area contributed by atoms with Crippen LogP contribution < -0.4 is 70.8 Å². The number of unbranched alkanes of at least 4 members (excludes halogenated alkanes) is 6. The normalized spacial score (nSPS) is 11.6. The van der Waals surface area contributed by atoms with Crippen LogP contribution in [0.5, 0.6) is 0 Å². The first kappa shape index (κ1) is 139. The molecule has 0 aliphatic rings. The van der Waals surface area contributed by atoms with Gasteiger partial charge in [0.25, 0.3) is 0 Å². The van der Waals surface area contributed by atoms with E-state index < -0.39 is 11.9 Å². The summed E-state index contributed by atoms with van der Waals surface area (Å²) < 4.78 is 75.0. The van der Waals surface area contributed by atoms with E-state index in [4.69, 9.17) is 89.3 Å². The van der Waals surface area contributed by atoms with Gasteiger partial charge >= 0.3 is 0 Å². The van der Waals surface area contributed by atoms with Gasteiger partial charge in [0.05, 0.1) is 139 Å². The van der Waals surface area contributed by atoms with Crippen molar-refractivity contribution in [2.45, 2.75) is 255 Å². The van der Waals surface area contributed by atoms with Gasteiger partial charge in [-0.1, -0.05) is 85.6 Å². The number of ketones is 1. The molecule has 139 heavy (non-hydrogen) atoms. The van der Waals surface area contributed by atoms with Crippen LogP contribution in [0, 0.1) is 23.7 Å². The Bertz CT molecular complexity index is 3130. The van der Waals surface area contributed by atoms with Crippen LogP contribution in [0.1, 0.15) is 250 Å². The molecular weight excluding hydrogens is 1810 g/mol. The largest absolute Gasteiger partial charge is 0.379 e. The lowest BCUT2D eigenvalue weighted by Crippen LogP contribution is -2.46. The lowest BCUT2D eigenvalue weighted by Gasteiger charge is -2.18. The summed E-state index contributed by atoms with van der Waals surface area (Å²) in [5.74, 6) is -3.46. The number of allylic oxidation sites excluding steroid dienone is 1. The molecule has 810 valence electrons. The van der Waals surface area contributed by atoms with Crippen LogP contribution in [0.15, 0.2) is 29.8 Å². The fraction of sp³-hybridized carbons (Fsp3) is 0.806. The second kappa shape index (κ2) is 110. The number of ether oxygens (including phenoxy) is 14. The van der Waals surface area contributed by atoms with E-state index >= 15 is 0 Å². The van der Waals surface area contributed by atoms with E-state index in [9.17, 15) is 67.1 Å². The molecule has 0 bridgehead atoms. The number of carbonyl (C=O) groups excluding carboxylic acids is 14. The maximum Gasteiger partial charge on any atom is 0.245 e. The summed E-state index contributed by atoms with van der Waals surface area (Å²) in [6.45, 7) is 36.9. The summed E-state index contributed by atoms with van der Waals surface area (Å²) in [6.07, 6.45) is 18.4. The minimum Gasteiger partial charge on any atom is -0.379 e. The Kier molecular flexibility index (Phi) is 109. The number of nitrogens with one attached hydrogen (secondary N) is 9. The van der Waals surface area contributed by atoms with Gasteiger partial charge in [-0.05, 0) is 148 Å². The third-order valence-corrected chi connectivity index (χ3v) is 19.6. The second-order valence-corrected chi connectivity index (χ2v) is 31.9. The van der Waals surface area contributed by atoms with E-state index in [0.717, 1.165) is 77.2 Å². The lowest BCUT2D eigenvalue weighted by molar-refractivity contribution is -0.129. The molecule has 0 aromatic heterocycles. The Morgan fingerprint density at radius 3 is 0.928 bits per heavy atom. The summed E-state index contributed by atoms with van der Waals surface area (Å²) in [6, 6.07) is -0.793. The number of Topliss-reactive ketones (excluding diaryl/α,β-unsaturated/α-hetero) is 1. The highest BCUT2D eigenvalue weighted by atomic mass is 16.6. The molecule has 0 aromatic rings. The van der Waals surface area contributed by atoms with Crippen molar-refractivity contribution in [1.82, 2.24) is 47.9 Å². The zero-order chi connectivity index (χ0) is 104. The molecule has 0 aliphatic heterocycles. The van der Waals surface area contributed by atoms with E-state index in [1.165, 1.54) is 0 Å². The summed E-state index contributed by atoms with van der Waals surface area (Å²) in [7, 11) is 0. The van der Waals surface area contributed by atoms with Crippen molar-refractivity contribution in [2.24, 2.45) is 46.6 Å². The molecule has 13 amide bonds. The predicted molar refractivity (Wildman–Crippen MR) is 532 cm³/mol. The number of carbonyl (C=O) groups is 14. The van der Waals surface area contributed by atoms with Crippen LogP contribution >= 0.6 is 0 Å². The van der Waals surface area contributed by atoms with Gasteiger partial charge in [0, 0.05) is 149 Å². The molecular formula is C98H185N13O28. The van der Waals surface area contributed by atoms with Gasteiger partial charge in [0.2, 0.25) is 76.8 Å². The minimum atomic E-state index is -0.793. The first-order chi connectivity index (χ1) is 67.1. The van der Waals surface area contributed by atoms with Crippen LogP contribution in [0.4, 0.5) is 0 Å². The predicted octanol–water partition coefficient (Wildman–Crippen LogP) is 5.57. The molecule has 0 aromatic carbocycles. The van der Waals surface area contributed by atoms with Crippen molar-refractivity contribution in [2.75, 3.05) is 237 Å². The van der Waals surface area contributed by atoms with E-state index in [2.05, 4.69) is 78.5 Å². The monoisotopic (exact) mass is 1990 g/mol. The molecule has 0 radical (unpaired) electrons. The highest BCUT2D eigenvalue weighted by molar-refractivity contribution is 5.87. The van der Waals surface area contributed by atoms with Crippen LogP contribution in [0.25, 0.3) is 0 Å². The highest BCUT2D eigenvalue weighted by Crippen LogP contribution is 2.13. The molecule has 0 saturated heterocycles. The maximum atomic E-state index is 12.7. The smallest absolute Gasteiger partial charge is 0.245 e. The topological polar surface area (TPSA) is 581 Å². The number of hydrogen-bond donors (Lipinski definition) is 13. The van der Waals surface area contributed by atoms with E-state index in [0.29, 0.717) is 288 Å². The van der Waals surface area contributed by atoms with Crippen molar-refractivity contribution in [3.05, 3.63) is 29.8 Å². The van der Waals surface area contributed by atoms with Crippen molar-refractivity contribution in [3.63, 3.8) is 0 Å². The Balaban J connectivity index is -0.000000527. The molecule has 0 aliphatic carbocycles. The highest BCUT2D eigenvalue weighted by Gasteiger charge is 2.22. The standard InChI is InChI=1S/C42H79N5O14.C39H73N7O11.C9H19NO3.C6H6.C2H6.H2/c1-35(41(43)52)9-3-5-16-45-39(50)14-20-55-24-28-59-32-31-58-27-23-54-19-8-12-37(48)11-7-13-38(49)47-18-22-57-26-30-61-34-33-60-29-25-56-21-15-40(51)46-17-6-4-10-36(2)42(44)53;1-4-54-24-26-56-28-35(49)45-21-10-7-16-32(38(41)52)46-39(53)31(3)15-6-9-19-42-33(47)17-13-18-34(48)43-22-11-12-23-55-25-27-57-29-36(50)44-20-8-5-14-30(2)37(40)51;1-3-5-12-6-7-13-8-9(11)10-4-2;1-3-5-6-4-2;1-2;/h35-36H,3-34H2,1-2H3,(H2,43,52)(H2,44,53)(H,45,50)(H,46,51)(H,47,49);30-32H,4-29H2,1-3H3,(H2,40,51)(H2,41,52)(H,42,47)(H,43,48)(H,44,50)(H,45,49)(H,46,53);3-8H2,1-2H3,(H,10,11);4H,1H2,2H3;1-2H3;1H/t35-,36-;30-,31-,32-;;;;/m00..../s1. The molecule has 0 fully saturated rings. The Morgan fingerprint density at radius 2 is 0.583 bits per heavy atom. The summed E-state index contributed by atoms with van der Waals surface area (Å²) >= 11 is 0. The van der Waals surface area contributed by atoms with Gasteiger partial charge in [-0.3, -0.25) is 67.1 Å². The van der Waals surface area contributed by atoms with Crippen LogP contribution in [-0.2, 0) is 133 Å². The maximum absolute atomic E-state index is 12.7. The fourth-order valence-electron chi connectivity index (χ4n) is 11.4. The number of primary amides is 4. The average Bonchev–Trinajstić information content (AvgIpc) is 0.910. The number of rotatable bonds is 94. The van der Waals surface area contributed by atoms with Crippen LogP contribution in [0.3, 0.4) is 0 Å². The van der Waals surface area contributed by atoms with Crippen molar-refractivity contribution >= 4 is 82.6 Å².